The number of anilines is 1. The number of halogens is 1. The number of fused-ring (bicyclic) bond motifs is 1. The van der Waals surface area contributed by atoms with Gasteiger partial charge >= 0.3 is 0 Å². The van der Waals surface area contributed by atoms with Crippen LogP contribution in [-0.2, 0) is 6.54 Å². The van der Waals surface area contributed by atoms with Gasteiger partial charge in [-0.3, -0.25) is 9.48 Å². The molecule has 5 rings (SSSR count). The van der Waals surface area contributed by atoms with Crippen molar-refractivity contribution in [2.24, 2.45) is 5.92 Å². The van der Waals surface area contributed by atoms with Gasteiger partial charge in [-0.05, 0) is 49.9 Å². The van der Waals surface area contributed by atoms with Crippen LogP contribution in [0.1, 0.15) is 49.4 Å². The van der Waals surface area contributed by atoms with E-state index in [0.717, 1.165) is 25.7 Å². The normalized spacial score (nSPS) is 15.2. The first-order valence-electron chi connectivity index (χ1n) is 12.3. The number of carbonyl (C=O) groups excluding carboxylic acids is 1. The zero-order valence-electron chi connectivity index (χ0n) is 20.1. The Balaban J connectivity index is 1.50. The second-order valence-electron chi connectivity index (χ2n) is 9.05. The van der Waals surface area contributed by atoms with Gasteiger partial charge in [0.15, 0.2) is 5.65 Å². The third-order valence-corrected chi connectivity index (χ3v) is 6.83. The monoisotopic (exact) mass is 508 g/mol. The van der Waals surface area contributed by atoms with Gasteiger partial charge in [-0.1, -0.05) is 30.9 Å². The van der Waals surface area contributed by atoms with E-state index in [1.165, 1.54) is 12.6 Å². The summed E-state index contributed by atoms with van der Waals surface area (Å²) in [4.78, 5) is 17.6. The van der Waals surface area contributed by atoms with Gasteiger partial charge in [-0.2, -0.15) is 10.2 Å². The molecule has 0 spiro atoms. The molecule has 1 atom stereocenters. The van der Waals surface area contributed by atoms with Crippen molar-refractivity contribution in [2.45, 2.75) is 51.7 Å². The van der Waals surface area contributed by atoms with Crippen molar-refractivity contribution in [2.75, 3.05) is 11.9 Å². The van der Waals surface area contributed by atoms with E-state index in [-0.39, 0.29) is 11.8 Å². The van der Waals surface area contributed by atoms with Gasteiger partial charge in [-0.15, -0.1) is 0 Å². The Morgan fingerprint density at radius 3 is 2.94 bits per heavy atom. The van der Waals surface area contributed by atoms with Crippen LogP contribution in [-0.4, -0.2) is 48.1 Å². The van der Waals surface area contributed by atoms with Crippen LogP contribution >= 0.6 is 11.6 Å². The first-order valence-corrected chi connectivity index (χ1v) is 12.7. The molecule has 4 aromatic rings. The Morgan fingerprint density at radius 1 is 1.31 bits per heavy atom. The van der Waals surface area contributed by atoms with Crippen LogP contribution < -0.4 is 10.1 Å². The number of benzene rings is 1. The lowest BCUT2D eigenvalue weighted by Crippen LogP contribution is -2.27. The largest absolute Gasteiger partial charge is 0.493 e. The molecule has 3 heterocycles. The summed E-state index contributed by atoms with van der Waals surface area (Å²) in [6.45, 7) is 2.69. The van der Waals surface area contributed by atoms with Gasteiger partial charge < -0.3 is 15.2 Å². The van der Waals surface area contributed by atoms with Crippen molar-refractivity contribution in [3.63, 3.8) is 0 Å². The van der Waals surface area contributed by atoms with Crippen LogP contribution in [0.4, 0.5) is 5.69 Å². The maximum absolute atomic E-state index is 13.3. The maximum atomic E-state index is 13.3. The number of nitrogens with zero attached hydrogens (tertiary/aromatic N) is 5. The summed E-state index contributed by atoms with van der Waals surface area (Å²) < 4.78 is 9.06. The minimum absolute atomic E-state index is 0.249. The molecule has 1 aliphatic rings. The van der Waals surface area contributed by atoms with Crippen LogP contribution in [0.5, 0.6) is 5.75 Å². The van der Waals surface area contributed by atoms with Crippen LogP contribution in [0.15, 0.2) is 49.1 Å². The van der Waals surface area contributed by atoms with Crippen molar-refractivity contribution in [1.82, 2.24) is 24.4 Å². The highest BCUT2D eigenvalue weighted by molar-refractivity contribution is 6.31. The summed E-state index contributed by atoms with van der Waals surface area (Å²) in [5.74, 6) is 0.491. The second kappa shape index (κ2) is 10.7. The van der Waals surface area contributed by atoms with Crippen molar-refractivity contribution in [1.29, 1.82) is 0 Å². The van der Waals surface area contributed by atoms with Gasteiger partial charge in [0.05, 0.1) is 31.1 Å². The molecule has 3 aromatic heterocycles. The first kappa shape index (κ1) is 24.3. The van der Waals surface area contributed by atoms with Crippen molar-refractivity contribution in [3.05, 3.63) is 59.6 Å². The van der Waals surface area contributed by atoms with E-state index in [0.29, 0.717) is 52.1 Å². The number of ether oxygens (including phenoxy) is 1. The summed E-state index contributed by atoms with van der Waals surface area (Å²) in [6, 6.07) is 7.06. The number of aliphatic hydroxyl groups is 1. The third-order valence-electron chi connectivity index (χ3n) is 6.60. The summed E-state index contributed by atoms with van der Waals surface area (Å²) in [5.41, 5.74) is 2.44. The fourth-order valence-electron chi connectivity index (χ4n) is 4.81. The quantitative estimate of drug-likeness (QED) is 0.353. The Bertz CT molecular complexity index is 1360. The third kappa shape index (κ3) is 5.08. The number of aliphatic hydroxyl groups excluding tert-OH is 1. The summed E-state index contributed by atoms with van der Waals surface area (Å²) in [7, 11) is 0. The molecule has 1 aromatic carbocycles. The number of rotatable bonds is 8. The Hall–Kier alpha value is -3.43. The fourth-order valence-corrected chi connectivity index (χ4v) is 4.98. The zero-order valence-corrected chi connectivity index (χ0v) is 20.9. The number of nitrogens with one attached hydrogen (secondary N) is 1. The van der Waals surface area contributed by atoms with E-state index in [1.54, 1.807) is 52.1 Å². The molecule has 1 fully saturated rings. The van der Waals surface area contributed by atoms with E-state index in [1.807, 2.05) is 6.92 Å². The van der Waals surface area contributed by atoms with Crippen molar-refractivity contribution in [3.8, 4) is 17.0 Å². The topological polar surface area (TPSA) is 107 Å². The molecule has 10 heteroatoms. The number of hydrogen-bond acceptors (Lipinski definition) is 6. The summed E-state index contributed by atoms with van der Waals surface area (Å²) in [6.07, 6.45) is 11.6. The maximum Gasteiger partial charge on any atom is 0.261 e. The molecule has 36 heavy (non-hydrogen) atoms. The molecule has 0 radical (unpaired) electrons. The molecule has 9 nitrogen and oxygen atoms in total. The Labute approximate surface area is 214 Å². The fraction of sp³-hybridized carbons (Fsp3) is 0.385. The van der Waals surface area contributed by atoms with Crippen LogP contribution in [0, 0.1) is 5.92 Å². The molecule has 1 aliphatic carbocycles. The highest BCUT2D eigenvalue weighted by atomic mass is 35.5. The lowest BCUT2D eigenvalue weighted by molar-refractivity contribution is 0.0666. The Morgan fingerprint density at radius 2 is 2.14 bits per heavy atom. The highest BCUT2D eigenvalue weighted by Crippen LogP contribution is 2.37. The van der Waals surface area contributed by atoms with Crippen LogP contribution in [0.25, 0.3) is 16.9 Å². The van der Waals surface area contributed by atoms with E-state index in [2.05, 4.69) is 15.4 Å². The molecule has 2 N–H and O–H groups in total. The highest BCUT2D eigenvalue weighted by Gasteiger charge is 2.25. The lowest BCUT2D eigenvalue weighted by atomic mass is 9.85. The summed E-state index contributed by atoms with van der Waals surface area (Å²) in [5, 5.41) is 23.4. The Kier molecular flexibility index (Phi) is 7.20. The molecule has 0 bridgehead atoms. The first-order chi connectivity index (χ1) is 17.5. The lowest BCUT2D eigenvalue weighted by Gasteiger charge is -2.26. The molecular weight excluding hydrogens is 480 g/mol. The van der Waals surface area contributed by atoms with Crippen molar-refractivity contribution < 1.29 is 14.6 Å². The van der Waals surface area contributed by atoms with Crippen molar-refractivity contribution >= 4 is 28.8 Å². The van der Waals surface area contributed by atoms with Gasteiger partial charge in [0.25, 0.3) is 5.91 Å². The second-order valence-corrected chi connectivity index (χ2v) is 9.49. The minimum atomic E-state index is -0.517. The van der Waals surface area contributed by atoms with Gasteiger partial charge in [0.1, 0.15) is 17.0 Å². The van der Waals surface area contributed by atoms with Gasteiger partial charge in [0, 0.05) is 29.2 Å². The van der Waals surface area contributed by atoms with E-state index >= 15 is 0 Å². The molecule has 0 saturated heterocycles. The number of amides is 1. The van der Waals surface area contributed by atoms with Gasteiger partial charge in [-0.25, -0.2) is 9.50 Å². The molecule has 1 amide bonds. The minimum Gasteiger partial charge on any atom is -0.493 e. The van der Waals surface area contributed by atoms with E-state index in [4.69, 9.17) is 21.4 Å². The van der Waals surface area contributed by atoms with E-state index in [9.17, 15) is 9.90 Å². The van der Waals surface area contributed by atoms with Gasteiger partial charge in [0.2, 0.25) is 0 Å². The predicted molar refractivity (Wildman–Crippen MR) is 137 cm³/mol. The SMILES string of the molecule is CCOc1ccc(Cl)cc1-c1nn(CC(O)C2CCCCC2)cc1NC(=O)c1cnn2cccnc12. The van der Waals surface area contributed by atoms with Crippen LogP contribution in [0.3, 0.4) is 0 Å². The average Bonchev–Trinajstić information content (AvgIpc) is 3.50. The molecule has 188 valence electrons. The molecule has 0 aliphatic heterocycles. The molecular formula is C26H29ClN6O3. The number of hydrogen-bond donors (Lipinski definition) is 2. The van der Waals surface area contributed by atoms with Crippen LogP contribution in [0.2, 0.25) is 5.02 Å². The number of carbonyl (C=O) groups is 1. The summed E-state index contributed by atoms with van der Waals surface area (Å²) >= 11 is 6.33. The van der Waals surface area contributed by atoms with E-state index < -0.39 is 6.10 Å². The molecule has 1 unspecified atom stereocenters. The number of aromatic nitrogens is 5. The average molecular weight is 509 g/mol. The standard InChI is InChI=1S/C26H29ClN6O3/c1-2-36-23-10-9-18(27)13-19(23)24-21(15-32(31-24)16-22(34)17-7-4-3-5-8-17)30-26(35)20-14-29-33-12-6-11-28-25(20)33/h6,9-15,17,22,34H,2-5,7-8,16H2,1H3,(H,30,35). The predicted octanol–water partition coefficient (Wildman–Crippen LogP) is 4.84. The molecule has 1 saturated carbocycles. The zero-order chi connectivity index (χ0) is 25.1. The smallest absolute Gasteiger partial charge is 0.261 e.